The van der Waals surface area contributed by atoms with E-state index in [-0.39, 0.29) is 18.3 Å². The van der Waals surface area contributed by atoms with Gasteiger partial charge in [-0.05, 0) is 26.3 Å². The number of Topliss-reactive ketones (excluding diaryl/α,β-unsaturated/α-hetero) is 1. The van der Waals surface area contributed by atoms with Gasteiger partial charge in [0.2, 0.25) is 5.91 Å². The summed E-state index contributed by atoms with van der Waals surface area (Å²) in [6.45, 7) is 11.9. The Bertz CT molecular complexity index is 777. The molecular weight excluding hydrogens is 388 g/mol. The lowest BCUT2D eigenvalue weighted by molar-refractivity contribution is -0.136. The number of piperazine rings is 1. The van der Waals surface area contributed by atoms with E-state index in [1.165, 1.54) is 0 Å². The van der Waals surface area contributed by atoms with Crippen molar-refractivity contribution in [1.82, 2.24) is 19.7 Å². The Kier molecular flexibility index (Phi) is 7.63. The highest BCUT2D eigenvalue weighted by atomic mass is 16.5. The average Bonchev–Trinajstić information content (AvgIpc) is 3.04. The fourth-order valence-electron chi connectivity index (χ4n) is 4.07. The molecule has 0 bridgehead atoms. The molecule has 1 N–H and O–H groups in total. The molecule has 9 heteroatoms. The summed E-state index contributed by atoms with van der Waals surface area (Å²) in [5, 5.41) is 0. The minimum absolute atomic E-state index is 0.00496. The standard InChI is InChI=1S/C21H32N4O5/c1-4-30-21(28)20-15(2)19(16(3)22-20)17(26)13-23-5-7-24(8-6-23)14-18(27)25-9-11-29-12-10-25/h22H,4-14H2,1-3H3. The van der Waals surface area contributed by atoms with E-state index in [9.17, 15) is 14.4 Å². The Morgan fingerprint density at radius 2 is 1.57 bits per heavy atom. The molecule has 9 nitrogen and oxygen atoms in total. The highest BCUT2D eigenvalue weighted by molar-refractivity contribution is 6.03. The van der Waals surface area contributed by atoms with Gasteiger partial charge in [-0.15, -0.1) is 0 Å². The van der Waals surface area contributed by atoms with Crippen molar-refractivity contribution in [1.29, 1.82) is 0 Å². The maximum atomic E-state index is 12.9. The van der Waals surface area contributed by atoms with Crippen molar-refractivity contribution in [2.45, 2.75) is 20.8 Å². The average molecular weight is 421 g/mol. The summed E-state index contributed by atoms with van der Waals surface area (Å²) in [5.74, 6) is -0.293. The van der Waals surface area contributed by atoms with Gasteiger partial charge in [-0.1, -0.05) is 0 Å². The van der Waals surface area contributed by atoms with Crippen molar-refractivity contribution in [3.05, 3.63) is 22.5 Å². The Balaban J connectivity index is 1.51. The van der Waals surface area contributed by atoms with Gasteiger partial charge in [-0.3, -0.25) is 19.4 Å². The molecule has 1 amide bonds. The smallest absolute Gasteiger partial charge is 0.355 e. The van der Waals surface area contributed by atoms with Gasteiger partial charge in [-0.2, -0.15) is 0 Å². The van der Waals surface area contributed by atoms with Crippen LogP contribution in [0.1, 0.15) is 39.0 Å². The molecule has 0 atom stereocenters. The number of esters is 1. The van der Waals surface area contributed by atoms with E-state index >= 15 is 0 Å². The molecule has 1 aromatic rings. The van der Waals surface area contributed by atoms with Crippen LogP contribution in [0.3, 0.4) is 0 Å². The number of H-pyrrole nitrogens is 1. The second kappa shape index (κ2) is 10.2. The van der Waals surface area contributed by atoms with Crippen molar-refractivity contribution >= 4 is 17.7 Å². The van der Waals surface area contributed by atoms with Crippen molar-refractivity contribution in [3.8, 4) is 0 Å². The zero-order valence-corrected chi connectivity index (χ0v) is 18.2. The normalized spacial score (nSPS) is 18.4. The number of morpholine rings is 1. The quantitative estimate of drug-likeness (QED) is 0.506. The lowest BCUT2D eigenvalue weighted by atomic mass is 10.0. The third-order valence-electron chi connectivity index (χ3n) is 5.75. The predicted molar refractivity (Wildman–Crippen MR) is 111 cm³/mol. The van der Waals surface area contributed by atoms with Crippen LogP contribution in [0.15, 0.2) is 0 Å². The number of nitrogens with zero attached hydrogens (tertiary/aromatic N) is 3. The second-order valence-corrected chi connectivity index (χ2v) is 7.81. The second-order valence-electron chi connectivity index (χ2n) is 7.81. The third-order valence-corrected chi connectivity index (χ3v) is 5.75. The molecule has 2 aliphatic heterocycles. The first-order valence-corrected chi connectivity index (χ1v) is 10.6. The summed E-state index contributed by atoms with van der Waals surface area (Å²) in [4.78, 5) is 46.5. The van der Waals surface area contributed by atoms with E-state index in [4.69, 9.17) is 9.47 Å². The fraction of sp³-hybridized carbons (Fsp3) is 0.667. The Morgan fingerprint density at radius 1 is 0.967 bits per heavy atom. The van der Waals surface area contributed by atoms with E-state index in [1.54, 1.807) is 20.8 Å². The molecular formula is C21H32N4O5. The first kappa shape index (κ1) is 22.5. The van der Waals surface area contributed by atoms with E-state index in [1.807, 2.05) is 4.90 Å². The number of ether oxygens (including phenoxy) is 2. The molecule has 166 valence electrons. The molecule has 2 saturated heterocycles. The minimum atomic E-state index is -0.435. The maximum Gasteiger partial charge on any atom is 0.355 e. The lowest BCUT2D eigenvalue weighted by Gasteiger charge is -2.35. The van der Waals surface area contributed by atoms with Crippen molar-refractivity contribution in [2.75, 3.05) is 72.2 Å². The summed E-state index contributed by atoms with van der Waals surface area (Å²) in [7, 11) is 0. The predicted octanol–water partition coefficient (Wildman–Crippen LogP) is 0.467. The highest BCUT2D eigenvalue weighted by Crippen LogP contribution is 2.20. The van der Waals surface area contributed by atoms with E-state index in [0.717, 1.165) is 26.2 Å². The monoisotopic (exact) mass is 420 g/mol. The number of carbonyl (C=O) groups excluding carboxylic acids is 3. The summed E-state index contributed by atoms with van der Waals surface area (Å²) >= 11 is 0. The van der Waals surface area contributed by atoms with Gasteiger partial charge in [0.25, 0.3) is 0 Å². The van der Waals surface area contributed by atoms with Gasteiger partial charge >= 0.3 is 5.97 Å². The molecule has 3 heterocycles. The summed E-state index contributed by atoms with van der Waals surface area (Å²) in [6, 6.07) is 0. The molecule has 1 aromatic heterocycles. The molecule has 3 rings (SSSR count). The molecule has 0 spiro atoms. The van der Waals surface area contributed by atoms with Crippen molar-refractivity contribution in [3.63, 3.8) is 0 Å². The van der Waals surface area contributed by atoms with Crippen LogP contribution in [0.5, 0.6) is 0 Å². The fourth-order valence-corrected chi connectivity index (χ4v) is 4.07. The molecule has 0 radical (unpaired) electrons. The van der Waals surface area contributed by atoms with Crippen LogP contribution >= 0.6 is 0 Å². The van der Waals surface area contributed by atoms with Crippen LogP contribution in [0, 0.1) is 13.8 Å². The van der Waals surface area contributed by atoms with Crippen molar-refractivity contribution in [2.24, 2.45) is 0 Å². The molecule has 2 aliphatic rings. The number of hydrogen-bond acceptors (Lipinski definition) is 7. The zero-order valence-electron chi connectivity index (χ0n) is 18.2. The topological polar surface area (TPSA) is 95.2 Å². The van der Waals surface area contributed by atoms with Gasteiger partial charge in [0.05, 0.1) is 32.9 Å². The number of aryl methyl sites for hydroxylation is 1. The Labute approximate surface area is 177 Å². The van der Waals surface area contributed by atoms with Gasteiger partial charge in [0.15, 0.2) is 5.78 Å². The van der Waals surface area contributed by atoms with Crippen LogP contribution in [0.2, 0.25) is 0 Å². The summed E-state index contributed by atoms with van der Waals surface area (Å²) in [6.07, 6.45) is 0. The number of hydrogen-bond donors (Lipinski definition) is 1. The van der Waals surface area contributed by atoms with E-state index < -0.39 is 5.97 Å². The lowest BCUT2D eigenvalue weighted by Crippen LogP contribution is -2.52. The van der Waals surface area contributed by atoms with Crippen LogP contribution in [0.4, 0.5) is 0 Å². The van der Waals surface area contributed by atoms with Crippen LogP contribution in [-0.4, -0.2) is 110 Å². The van der Waals surface area contributed by atoms with Crippen molar-refractivity contribution < 1.29 is 23.9 Å². The number of amides is 1. The van der Waals surface area contributed by atoms with Crippen LogP contribution in [0.25, 0.3) is 0 Å². The first-order valence-electron chi connectivity index (χ1n) is 10.6. The Morgan fingerprint density at radius 3 is 2.17 bits per heavy atom. The van der Waals surface area contributed by atoms with E-state index in [0.29, 0.717) is 61.9 Å². The number of carbonyl (C=O) groups is 3. The van der Waals surface area contributed by atoms with Gasteiger partial charge < -0.3 is 19.4 Å². The van der Waals surface area contributed by atoms with Gasteiger partial charge in [0, 0.05) is 50.5 Å². The summed E-state index contributed by atoms with van der Waals surface area (Å²) < 4.78 is 10.4. The number of ketones is 1. The molecule has 2 fully saturated rings. The summed E-state index contributed by atoms with van der Waals surface area (Å²) in [5.41, 5.74) is 2.26. The van der Waals surface area contributed by atoms with Gasteiger partial charge in [-0.25, -0.2) is 4.79 Å². The third kappa shape index (κ3) is 5.27. The van der Waals surface area contributed by atoms with Crippen LogP contribution < -0.4 is 0 Å². The van der Waals surface area contributed by atoms with Gasteiger partial charge in [0.1, 0.15) is 5.69 Å². The Hall–Kier alpha value is -2.23. The maximum absolute atomic E-state index is 12.9. The number of aromatic nitrogens is 1. The minimum Gasteiger partial charge on any atom is -0.461 e. The molecule has 0 aliphatic carbocycles. The SMILES string of the molecule is CCOC(=O)c1[nH]c(C)c(C(=O)CN2CCN(CC(=O)N3CCOCC3)CC2)c1C. The molecule has 30 heavy (non-hydrogen) atoms. The largest absolute Gasteiger partial charge is 0.461 e. The number of aromatic amines is 1. The zero-order chi connectivity index (χ0) is 21.7. The van der Waals surface area contributed by atoms with Crippen LogP contribution in [-0.2, 0) is 14.3 Å². The van der Waals surface area contributed by atoms with E-state index in [2.05, 4.69) is 14.8 Å². The number of rotatable bonds is 7. The first-order chi connectivity index (χ1) is 14.4. The molecule has 0 aromatic carbocycles. The highest BCUT2D eigenvalue weighted by Gasteiger charge is 2.27. The molecule has 0 saturated carbocycles. The number of nitrogens with one attached hydrogen (secondary N) is 1. The molecule has 0 unspecified atom stereocenters.